The predicted octanol–water partition coefficient (Wildman–Crippen LogP) is 5.57. The van der Waals surface area contributed by atoms with Gasteiger partial charge in [-0.3, -0.25) is 4.98 Å². The second-order valence-corrected chi connectivity index (χ2v) is 7.68. The molecule has 3 rings (SSSR count). The molecule has 116 valence electrons. The van der Waals surface area contributed by atoms with E-state index in [4.69, 9.17) is 0 Å². The van der Waals surface area contributed by atoms with Crippen LogP contribution in [0.2, 0.25) is 0 Å². The molecule has 0 unspecified atom stereocenters. The first kappa shape index (κ1) is 15.2. The normalized spacial score (nSPS) is 18.8. The van der Waals surface area contributed by atoms with E-state index < -0.39 is 6.67 Å². The number of rotatable bonds is 2. The third kappa shape index (κ3) is 2.55. The fourth-order valence-electron chi connectivity index (χ4n) is 3.46. The van der Waals surface area contributed by atoms with E-state index in [1.54, 1.807) is 6.07 Å². The third-order valence-electron chi connectivity index (χ3n) is 5.09. The predicted molar refractivity (Wildman–Crippen MR) is 89.8 cm³/mol. The molecule has 0 saturated carbocycles. The van der Waals surface area contributed by atoms with Crippen LogP contribution in [0.15, 0.2) is 36.4 Å². The van der Waals surface area contributed by atoms with Crippen LogP contribution in [0.1, 0.15) is 57.4 Å². The summed E-state index contributed by atoms with van der Waals surface area (Å²) in [5.41, 5.74) is 5.69. The molecule has 1 heterocycles. The number of nitrogens with zero attached hydrogens (tertiary/aromatic N) is 1. The van der Waals surface area contributed by atoms with Crippen LogP contribution in [-0.2, 0) is 17.5 Å². The molecule has 1 aromatic heterocycles. The minimum absolute atomic E-state index is 0.179. The molecule has 0 atom stereocenters. The summed E-state index contributed by atoms with van der Waals surface area (Å²) in [6, 6.07) is 12.2. The van der Waals surface area contributed by atoms with E-state index >= 15 is 0 Å². The molecular formula is C20H24FN. The number of pyridine rings is 1. The molecule has 0 aliphatic heterocycles. The fraction of sp³-hybridized carbons (Fsp3) is 0.450. The van der Waals surface area contributed by atoms with Crippen molar-refractivity contribution in [2.24, 2.45) is 0 Å². The SMILES string of the molecule is CC1(C)CCC(C)(C)c2cc(-c3cccc(CF)n3)ccc21. The highest BCUT2D eigenvalue weighted by atomic mass is 19.1. The number of alkyl halides is 1. The zero-order valence-corrected chi connectivity index (χ0v) is 13.9. The Hall–Kier alpha value is -1.70. The monoisotopic (exact) mass is 297 g/mol. The molecule has 22 heavy (non-hydrogen) atoms. The number of hydrogen-bond donors (Lipinski definition) is 0. The van der Waals surface area contributed by atoms with Crippen LogP contribution in [0.3, 0.4) is 0 Å². The van der Waals surface area contributed by atoms with Gasteiger partial charge in [0, 0.05) is 5.56 Å². The molecule has 2 aromatic rings. The maximum Gasteiger partial charge on any atom is 0.131 e. The number of benzene rings is 1. The van der Waals surface area contributed by atoms with Crippen molar-refractivity contribution >= 4 is 0 Å². The van der Waals surface area contributed by atoms with Gasteiger partial charge in [-0.15, -0.1) is 0 Å². The molecule has 1 nitrogen and oxygen atoms in total. The van der Waals surface area contributed by atoms with Crippen molar-refractivity contribution in [1.82, 2.24) is 4.98 Å². The van der Waals surface area contributed by atoms with E-state index in [0.717, 1.165) is 11.3 Å². The molecule has 0 amide bonds. The van der Waals surface area contributed by atoms with E-state index in [0.29, 0.717) is 5.69 Å². The van der Waals surface area contributed by atoms with Gasteiger partial charge >= 0.3 is 0 Å². The molecule has 0 bridgehead atoms. The standard InChI is InChI=1S/C20H24FN/c1-19(2)10-11-20(3,4)17-12-14(8-9-16(17)19)18-7-5-6-15(13-21)22-18/h5-9,12H,10-11,13H2,1-4H3. The van der Waals surface area contributed by atoms with Crippen molar-refractivity contribution in [3.05, 3.63) is 53.2 Å². The molecule has 0 N–H and O–H groups in total. The smallest absolute Gasteiger partial charge is 0.131 e. The third-order valence-corrected chi connectivity index (χ3v) is 5.09. The first-order valence-corrected chi connectivity index (χ1v) is 8.01. The lowest BCUT2D eigenvalue weighted by atomic mass is 9.63. The summed E-state index contributed by atoms with van der Waals surface area (Å²) >= 11 is 0. The Labute approximate surface area is 132 Å². The Kier molecular flexibility index (Phi) is 3.58. The highest BCUT2D eigenvalue weighted by Gasteiger charge is 2.36. The Morgan fingerprint density at radius 1 is 0.955 bits per heavy atom. The Bertz CT molecular complexity index is 701. The van der Waals surface area contributed by atoms with Gasteiger partial charge in [-0.2, -0.15) is 0 Å². The summed E-state index contributed by atoms with van der Waals surface area (Å²) in [6.07, 6.45) is 2.40. The summed E-state index contributed by atoms with van der Waals surface area (Å²) in [7, 11) is 0. The molecule has 0 fully saturated rings. The molecule has 2 heteroatoms. The number of aromatic nitrogens is 1. The minimum Gasteiger partial charge on any atom is -0.250 e. The van der Waals surface area contributed by atoms with Crippen molar-refractivity contribution < 1.29 is 4.39 Å². The highest BCUT2D eigenvalue weighted by Crippen LogP contribution is 2.46. The Morgan fingerprint density at radius 3 is 2.32 bits per heavy atom. The number of hydrogen-bond acceptors (Lipinski definition) is 1. The van der Waals surface area contributed by atoms with Crippen molar-refractivity contribution in [1.29, 1.82) is 0 Å². The van der Waals surface area contributed by atoms with Gasteiger partial charge in [0.1, 0.15) is 6.67 Å². The van der Waals surface area contributed by atoms with Crippen molar-refractivity contribution in [3.63, 3.8) is 0 Å². The van der Waals surface area contributed by atoms with Crippen LogP contribution in [0.5, 0.6) is 0 Å². The van der Waals surface area contributed by atoms with E-state index in [1.807, 2.05) is 12.1 Å². The van der Waals surface area contributed by atoms with E-state index in [1.165, 1.54) is 24.0 Å². The Morgan fingerprint density at radius 2 is 1.64 bits per heavy atom. The maximum absolute atomic E-state index is 12.9. The van der Waals surface area contributed by atoms with Crippen LogP contribution in [0, 0.1) is 0 Å². The molecule has 1 aromatic carbocycles. The summed E-state index contributed by atoms with van der Waals surface area (Å²) in [5, 5.41) is 0. The van der Waals surface area contributed by atoms with Crippen LogP contribution in [-0.4, -0.2) is 4.98 Å². The molecule has 0 spiro atoms. The van der Waals surface area contributed by atoms with Gasteiger partial charge < -0.3 is 0 Å². The number of fused-ring (bicyclic) bond motifs is 1. The second-order valence-electron chi connectivity index (χ2n) is 7.68. The lowest BCUT2D eigenvalue weighted by Gasteiger charge is -2.42. The van der Waals surface area contributed by atoms with Gasteiger partial charge in [0.25, 0.3) is 0 Å². The van der Waals surface area contributed by atoms with E-state index in [9.17, 15) is 4.39 Å². The molecular weight excluding hydrogens is 273 g/mol. The second kappa shape index (κ2) is 5.19. The lowest BCUT2D eigenvalue weighted by Crippen LogP contribution is -2.33. The summed E-state index contributed by atoms with van der Waals surface area (Å²) in [6.45, 7) is 8.76. The average molecular weight is 297 g/mol. The molecule has 1 aliphatic carbocycles. The van der Waals surface area contributed by atoms with Gasteiger partial charge in [0.05, 0.1) is 11.4 Å². The van der Waals surface area contributed by atoms with Crippen LogP contribution >= 0.6 is 0 Å². The maximum atomic E-state index is 12.9. The van der Waals surface area contributed by atoms with Gasteiger partial charge in [-0.1, -0.05) is 45.9 Å². The first-order valence-electron chi connectivity index (χ1n) is 8.01. The largest absolute Gasteiger partial charge is 0.250 e. The quantitative estimate of drug-likeness (QED) is 0.706. The summed E-state index contributed by atoms with van der Waals surface area (Å²) in [4.78, 5) is 4.42. The van der Waals surface area contributed by atoms with Crippen molar-refractivity contribution in [2.45, 2.75) is 58.0 Å². The van der Waals surface area contributed by atoms with Gasteiger partial charge in [-0.05, 0) is 53.0 Å². The van der Waals surface area contributed by atoms with Gasteiger partial charge in [-0.25, -0.2) is 4.39 Å². The average Bonchev–Trinajstić information content (AvgIpc) is 2.52. The lowest BCUT2D eigenvalue weighted by molar-refractivity contribution is 0.332. The zero-order chi connectivity index (χ0) is 16.0. The number of halogens is 1. The van der Waals surface area contributed by atoms with E-state index in [-0.39, 0.29) is 10.8 Å². The van der Waals surface area contributed by atoms with Gasteiger partial charge in [0.15, 0.2) is 0 Å². The van der Waals surface area contributed by atoms with Crippen LogP contribution in [0.25, 0.3) is 11.3 Å². The van der Waals surface area contributed by atoms with Gasteiger partial charge in [0.2, 0.25) is 0 Å². The topological polar surface area (TPSA) is 12.9 Å². The fourth-order valence-corrected chi connectivity index (χ4v) is 3.46. The first-order chi connectivity index (χ1) is 10.3. The molecule has 0 radical (unpaired) electrons. The highest BCUT2D eigenvalue weighted by molar-refractivity contribution is 5.63. The summed E-state index contributed by atoms with van der Waals surface area (Å²) < 4.78 is 12.9. The van der Waals surface area contributed by atoms with Crippen LogP contribution < -0.4 is 0 Å². The van der Waals surface area contributed by atoms with Crippen molar-refractivity contribution in [3.8, 4) is 11.3 Å². The summed E-state index contributed by atoms with van der Waals surface area (Å²) in [5.74, 6) is 0. The molecule has 0 saturated heterocycles. The zero-order valence-electron chi connectivity index (χ0n) is 13.9. The molecule has 1 aliphatic rings. The van der Waals surface area contributed by atoms with Crippen molar-refractivity contribution in [2.75, 3.05) is 0 Å². The minimum atomic E-state index is -0.517. The Balaban J connectivity index is 2.13. The van der Waals surface area contributed by atoms with Crippen LogP contribution in [0.4, 0.5) is 4.39 Å². The van der Waals surface area contributed by atoms with E-state index in [2.05, 4.69) is 50.9 Å².